The van der Waals surface area contributed by atoms with Gasteiger partial charge in [-0.15, -0.1) is 0 Å². The molecule has 1 aliphatic heterocycles. The van der Waals surface area contributed by atoms with Crippen LogP contribution in [-0.4, -0.2) is 53.6 Å². The van der Waals surface area contributed by atoms with Crippen LogP contribution in [0.2, 0.25) is 0 Å². The van der Waals surface area contributed by atoms with Crippen LogP contribution in [-0.2, 0) is 4.74 Å². The van der Waals surface area contributed by atoms with E-state index in [1.165, 1.54) is 6.07 Å². The van der Waals surface area contributed by atoms with Crippen LogP contribution in [0.4, 0.5) is 8.78 Å². The molecule has 1 N–H and O–H groups in total. The van der Waals surface area contributed by atoms with Crippen molar-refractivity contribution in [2.45, 2.75) is 29.7 Å². The summed E-state index contributed by atoms with van der Waals surface area (Å²) in [6.45, 7) is 2.23. The lowest BCUT2D eigenvalue weighted by Gasteiger charge is -2.37. The van der Waals surface area contributed by atoms with Crippen molar-refractivity contribution in [3.05, 3.63) is 29.8 Å². The molecular weight excluding hydrogens is 300 g/mol. The number of aliphatic hydroxyl groups is 1. The second-order valence-corrected chi connectivity index (χ2v) is 5.85. The van der Waals surface area contributed by atoms with Gasteiger partial charge < -0.3 is 14.7 Å². The van der Waals surface area contributed by atoms with E-state index in [1.54, 1.807) is 23.1 Å². The Morgan fingerprint density at radius 1 is 1.52 bits per heavy atom. The number of morpholine rings is 1. The Kier molecular flexibility index (Phi) is 5.55. The van der Waals surface area contributed by atoms with Gasteiger partial charge in [0.25, 0.3) is 11.7 Å². The van der Waals surface area contributed by atoms with Crippen molar-refractivity contribution in [2.24, 2.45) is 0 Å². The fourth-order valence-electron chi connectivity index (χ4n) is 2.21. The van der Waals surface area contributed by atoms with Crippen molar-refractivity contribution < 1.29 is 23.4 Å². The lowest BCUT2D eigenvalue weighted by Crippen LogP contribution is -2.52. The fourth-order valence-corrected chi connectivity index (χ4v) is 2.84. The van der Waals surface area contributed by atoms with E-state index in [0.717, 1.165) is 0 Å². The molecule has 1 saturated heterocycles. The highest BCUT2D eigenvalue weighted by Crippen LogP contribution is 2.30. The molecule has 1 heterocycles. The quantitative estimate of drug-likeness (QED) is 0.865. The molecule has 2 unspecified atom stereocenters. The first-order valence-corrected chi connectivity index (χ1v) is 7.48. The molecular formula is C14H17F2NO3S. The van der Waals surface area contributed by atoms with E-state index in [0.29, 0.717) is 18.4 Å². The number of carbonyl (C=O) groups is 1. The average Bonchev–Trinajstić information content (AvgIpc) is 2.47. The molecule has 2 rings (SSSR count). The monoisotopic (exact) mass is 317 g/mol. The molecule has 0 radical (unpaired) electrons. The van der Waals surface area contributed by atoms with Gasteiger partial charge in [-0.05, 0) is 19.1 Å². The Labute approximate surface area is 126 Å². The molecule has 4 nitrogen and oxygen atoms in total. The maximum atomic E-state index is 12.6. The largest absolute Gasteiger partial charge is 0.394 e. The summed E-state index contributed by atoms with van der Waals surface area (Å²) in [4.78, 5) is 14.4. The first kappa shape index (κ1) is 16.2. The van der Waals surface area contributed by atoms with E-state index in [2.05, 4.69) is 0 Å². The summed E-state index contributed by atoms with van der Waals surface area (Å²) in [6, 6.07) is 6.17. The highest BCUT2D eigenvalue weighted by molar-refractivity contribution is 7.99. The van der Waals surface area contributed by atoms with Crippen molar-refractivity contribution in [3.63, 3.8) is 0 Å². The third kappa shape index (κ3) is 3.93. The number of rotatable bonds is 4. The molecule has 7 heteroatoms. The molecule has 1 amide bonds. The molecule has 0 bridgehead atoms. The van der Waals surface area contributed by atoms with Crippen LogP contribution in [0.5, 0.6) is 0 Å². The first-order valence-electron chi connectivity index (χ1n) is 6.60. The summed E-state index contributed by atoms with van der Waals surface area (Å²) in [5.41, 5.74) is 0.258. The third-order valence-electron chi connectivity index (χ3n) is 3.30. The highest BCUT2D eigenvalue weighted by Gasteiger charge is 2.31. The van der Waals surface area contributed by atoms with Crippen molar-refractivity contribution in [2.75, 3.05) is 19.8 Å². The van der Waals surface area contributed by atoms with E-state index in [9.17, 15) is 13.6 Å². The summed E-state index contributed by atoms with van der Waals surface area (Å²) >= 11 is 0.364. The predicted octanol–water partition coefficient (Wildman–Crippen LogP) is 2.22. The number of hydrogen-bond acceptors (Lipinski definition) is 4. The standard InChI is InChI=1S/C14H17F2NO3S/c1-9-8-20-10(7-18)6-17(9)13(19)11-4-2-3-5-12(11)21-14(15)16/h2-5,9-10,14,18H,6-8H2,1H3. The lowest BCUT2D eigenvalue weighted by atomic mass is 10.1. The third-order valence-corrected chi connectivity index (χ3v) is 4.09. The second-order valence-electron chi connectivity index (χ2n) is 4.82. The van der Waals surface area contributed by atoms with Gasteiger partial charge in [0, 0.05) is 11.4 Å². The second kappa shape index (κ2) is 7.20. The molecule has 1 aromatic carbocycles. The number of amides is 1. The van der Waals surface area contributed by atoms with Crippen molar-refractivity contribution in [1.82, 2.24) is 4.90 Å². The number of ether oxygens (including phenoxy) is 1. The molecule has 0 aromatic heterocycles. The fraction of sp³-hybridized carbons (Fsp3) is 0.500. The van der Waals surface area contributed by atoms with Crippen LogP contribution >= 0.6 is 11.8 Å². The zero-order valence-corrected chi connectivity index (χ0v) is 12.4. The number of carbonyl (C=O) groups excluding carboxylic acids is 1. The van der Waals surface area contributed by atoms with E-state index in [-0.39, 0.29) is 35.6 Å². The summed E-state index contributed by atoms with van der Waals surface area (Å²) < 4.78 is 30.6. The van der Waals surface area contributed by atoms with E-state index < -0.39 is 11.9 Å². The van der Waals surface area contributed by atoms with Crippen LogP contribution in [0.3, 0.4) is 0 Å². The molecule has 0 aliphatic carbocycles. The van der Waals surface area contributed by atoms with Crippen molar-refractivity contribution in [3.8, 4) is 0 Å². The Morgan fingerprint density at radius 2 is 2.24 bits per heavy atom. The zero-order valence-electron chi connectivity index (χ0n) is 11.5. The first-order chi connectivity index (χ1) is 10.0. The summed E-state index contributed by atoms with van der Waals surface area (Å²) in [5, 5.41) is 9.15. The Morgan fingerprint density at radius 3 is 2.90 bits per heavy atom. The van der Waals surface area contributed by atoms with Gasteiger partial charge in [-0.25, -0.2) is 0 Å². The van der Waals surface area contributed by atoms with E-state index in [4.69, 9.17) is 9.84 Å². The molecule has 1 fully saturated rings. The van der Waals surface area contributed by atoms with Crippen LogP contribution in [0.15, 0.2) is 29.2 Å². The van der Waals surface area contributed by atoms with Gasteiger partial charge in [0.2, 0.25) is 0 Å². The van der Waals surface area contributed by atoms with Crippen molar-refractivity contribution >= 4 is 17.7 Å². The van der Waals surface area contributed by atoms with Gasteiger partial charge in [0.05, 0.1) is 30.9 Å². The summed E-state index contributed by atoms with van der Waals surface area (Å²) in [5.74, 6) is -2.89. The van der Waals surface area contributed by atoms with Crippen LogP contribution < -0.4 is 0 Å². The molecule has 2 atom stereocenters. The van der Waals surface area contributed by atoms with Crippen LogP contribution in [0, 0.1) is 0 Å². The molecule has 0 spiro atoms. The molecule has 1 aliphatic rings. The molecule has 0 saturated carbocycles. The van der Waals surface area contributed by atoms with Crippen molar-refractivity contribution in [1.29, 1.82) is 0 Å². The maximum Gasteiger partial charge on any atom is 0.288 e. The smallest absolute Gasteiger partial charge is 0.288 e. The number of hydrogen-bond donors (Lipinski definition) is 1. The van der Waals surface area contributed by atoms with Gasteiger partial charge in [-0.1, -0.05) is 23.9 Å². The minimum Gasteiger partial charge on any atom is -0.394 e. The van der Waals surface area contributed by atoms with Gasteiger partial charge in [-0.2, -0.15) is 8.78 Å². The lowest BCUT2D eigenvalue weighted by molar-refractivity contribution is -0.0668. The molecule has 1 aromatic rings. The van der Waals surface area contributed by atoms with Gasteiger partial charge in [0.15, 0.2) is 0 Å². The number of alkyl halides is 2. The van der Waals surface area contributed by atoms with Crippen LogP contribution in [0.25, 0.3) is 0 Å². The van der Waals surface area contributed by atoms with E-state index in [1.807, 2.05) is 6.92 Å². The highest BCUT2D eigenvalue weighted by atomic mass is 32.2. The number of benzene rings is 1. The summed E-state index contributed by atoms with van der Waals surface area (Å²) in [6.07, 6.45) is -0.430. The zero-order chi connectivity index (χ0) is 15.4. The predicted molar refractivity (Wildman–Crippen MR) is 75.6 cm³/mol. The minimum absolute atomic E-state index is 0.162. The van der Waals surface area contributed by atoms with Gasteiger partial charge in [-0.3, -0.25) is 4.79 Å². The minimum atomic E-state index is -2.58. The maximum absolute atomic E-state index is 12.6. The Balaban J connectivity index is 2.22. The van der Waals surface area contributed by atoms with Gasteiger partial charge in [0.1, 0.15) is 0 Å². The number of halogens is 2. The normalized spacial score (nSPS) is 22.6. The Hall–Kier alpha value is -1.18. The average molecular weight is 317 g/mol. The number of thioether (sulfide) groups is 1. The molecule has 116 valence electrons. The number of nitrogens with zero attached hydrogens (tertiary/aromatic N) is 1. The number of aliphatic hydroxyl groups excluding tert-OH is 1. The topological polar surface area (TPSA) is 49.8 Å². The van der Waals surface area contributed by atoms with Crippen LogP contribution in [0.1, 0.15) is 17.3 Å². The molecule has 21 heavy (non-hydrogen) atoms. The Bertz CT molecular complexity index is 501. The SMILES string of the molecule is CC1COC(CO)CN1C(=O)c1ccccc1SC(F)F. The van der Waals surface area contributed by atoms with Gasteiger partial charge >= 0.3 is 0 Å². The summed E-state index contributed by atoms with van der Waals surface area (Å²) in [7, 11) is 0. The van der Waals surface area contributed by atoms with E-state index >= 15 is 0 Å².